The Labute approximate surface area is 108 Å². The second-order valence-corrected chi connectivity index (χ2v) is 5.51. The number of nitrogens with zero attached hydrogens (tertiary/aromatic N) is 1. The molecule has 90 valence electrons. The molecule has 1 aromatic carbocycles. The Balaban J connectivity index is 1.92. The van der Waals surface area contributed by atoms with E-state index in [0.717, 1.165) is 16.6 Å². The van der Waals surface area contributed by atoms with Crippen molar-refractivity contribution in [1.29, 1.82) is 0 Å². The highest BCUT2D eigenvalue weighted by Gasteiger charge is 2.36. The molecule has 2 unspecified atom stereocenters. The van der Waals surface area contributed by atoms with Gasteiger partial charge in [-0.15, -0.1) is 0 Å². The van der Waals surface area contributed by atoms with Crippen LogP contribution in [0.4, 0.5) is 10.5 Å². The van der Waals surface area contributed by atoms with Gasteiger partial charge in [-0.2, -0.15) is 0 Å². The first-order chi connectivity index (χ1) is 8.15. The third kappa shape index (κ3) is 1.78. The summed E-state index contributed by atoms with van der Waals surface area (Å²) in [6.07, 6.45) is -0.225. The highest BCUT2D eigenvalue weighted by molar-refractivity contribution is 9.10. The monoisotopic (exact) mass is 295 g/mol. The molecular formula is C12H12BrN2O2-. The molecule has 0 radical (unpaired) electrons. The molecule has 1 saturated heterocycles. The first-order valence-corrected chi connectivity index (χ1v) is 6.46. The molecule has 1 fully saturated rings. The predicted molar refractivity (Wildman–Crippen MR) is 65.9 cm³/mol. The molecule has 4 nitrogen and oxygen atoms in total. The molecule has 2 atom stereocenters. The third-order valence-electron chi connectivity index (χ3n) is 3.62. The smallest absolute Gasteiger partial charge is 0.136 e. The second-order valence-electron chi connectivity index (χ2n) is 4.59. The van der Waals surface area contributed by atoms with E-state index in [-0.39, 0.29) is 5.92 Å². The van der Waals surface area contributed by atoms with Crippen LogP contribution in [-0.4, -0.2) is 30.1 Å². The van der Waals surface area contributed by atoms with E-state index >= 15 is 0 Å². The number of carbonyl (C=O) groups excluding carboxylic acids is 1. The number of hydrogen-bond donors (Lipinski definition) is 1. The van der Waals surface area contributed by atoms with Gasteiger partial charge in [0.25, 0.3) is 0 Å². The van der Waals surface area contributed by atoms with Crippen molar-refractivity contribution in [2.75, 3.05) is 18.4 Å². The van der Waals surface area contributed by atoms with E-state index in [0.29, 0.717) is 19.1 Å². The number of nitrogens with one attached hydrogen (secondary N) is 1. The van der Waals surface area contributed by atoms with E-state index in [1.54, 1.807) is 0 Å². The summed E-state index contributed by atoms with van der Waals surface area (Å²) in [5, 5.41) is 14.4. The quantitative estimate of drug-likeness (QED) is 0.787. The molecule has 0 spiro atoms. The largest absolute Gasteiger partial charge is 0.530 e. The summed E-state index contributed by atoms with van der Waals surface area (Å²) >= 11 is 3.46. The van der Waals surface area contributed by atoms with Crippen molar-refractivity contribution < 1.29 is 9.90 Å². The Hall–Kier alpha value is -1.23. The number of carboxylic acid groups (broad SMARTS) is 1. The number of piperidine rings is 1. The number of likely N-dealkylation sites (tertiary alicyclic amines) is 1. The van der Waals surface area contributed by atoms with Gasteiger partial charge in [0.15, 0.2) is 0 Å². The topological polar surface area (TPSA) is 55.4 Å². The fraction of sp³-hybridized carbons (Fsp3) is 0.417. The van der Waals surface area contributed by atoms with Crippen LogP contribution in [0, 0.1) is 0 Å². The van der Waals surface area contributed by atoms with Gasteiger partial charge in [0.2, 0.25) is 0 Å². The van der Waals surface area contributed by atoms with E-state index in [1.165, 1.54) is 10.5 Å². The first kappa shape index (κ1) is 10.9. The second kappa shape index (κ2) is 3.91. The lowest BCUT2D eigenvalue weighted by Gasteiger charge is -2.36. The molecule has 0 aliphatic carbocycles. The molecule has 2 aliphatic heterocycles. The molecule has 1 amide bonds. The highest BCUT2D eigenvalue weighted by atomic mass is 79.9. The van der Waals surface area contributed by atoms with Crippen molar-refractivity contribution in [3.8, 4) is 0 Å². The zero-order valence-electron chi connectivity index (χ0n) is 9.15. The van der Waals surface area contributed by atoms with Gasteiger partial charge in [0.05, 0.1) is 0 Å². The number of hydrogen-bond acceptors (Lipinski definition) is 3. The summed E-state index contributed by atoms with van der Waals surface area (Å²) in [4.78, 5) is 12.3. The summed E-state index contributed by atoms with van der Waals surface area (Å²) in [5.74, 6) is 0.245. The number of fused-ring (bicyclic) bond motifs is 3. The van der Waals surface area contributed by atoms with Gasteiger partial charge in [-0.25, -0.2) is 0 Å². The van der Waals surface area contributed by atoms with Gasteiger partial charge in [0, 0.05) is 35.2 Å². The van der Waals surface area contributed by atoms with Crippen LogP contribution in [0.3, 0.4) is 0 Å². The van der Waals surface area contributed by atoms with Crippen LogP contribution in [0.2, 0.25) is 0 Å². The van der Waals surface area contributed by atoms with Crippen LogP contribution in [0.15, 0.2) is 22.7 Å². The standard InChI is InChI=1S/C12H13BrN2O2/c13-7-1-2-10-8(5-7)9-6-15(12(16)17)4-3-11(9)14-10/h1-2,5,9,11,14H,3-4,6H2,(H,16,17)/p-1. The number of rotatable bonds is 0. The number of carbonyl (C=O) groups is 1. The molecule has 17 heavy (non-hydrogen) atoms. The van der Waals surface area contributed by atoms with Crippen LogP contribution in [0.25, 0.3) is 0 Å². The summed E-state index contributed by atoms with van der Waals surface area (Å²) in [5.41, 5.74) is 2.33. The zero-order chi connectivity index (χ0) is 12.0. The summed E-state index contributed by atoms with van der Waals surface area (Å²) in [7, 11) is 0. The lowest BCUT2D eigenvalue weighted by Crippen LogP contribution is -2.49. The van der Waals surface area contributed by atoms with Gasteiger partial charge in [0.1, 0.15) is 6.09 Å². The fourth-order valence-electron chi connectivity index (χ4n) is 2.78. The maximum Gasteiger partial charge on any atom is 0.136 e. The Morgan fingerprint density at radius 3 is 3.12 bits per heavy atom. The van der Waals surface area contributed by atoms with Crippen molar-refractivity contribution in [2.24, 2.45) is 0 Å². The van der Waals surface area contributed by atoms with E-state index < -0.39 is 6.09 Å². The van der Waals surface area contributed by atoms with Crippen molar-refractivity contribution in [1.82, 2.24) is 4.90 Å². The van der Waals surface area contributed by atoms with E-state index in [2.05, 4.69) is 27.3 Å². The predicted octanol–water partition coefficient (Wildman–Crippen LogP) is 1.38. The summed E-state index contributed by atoms with van der Waals surface area (Å²) in [6.45, 7) is 1.09. The van der Waals surface area contributed by atoms with E-state index in [1.807, 2.05) is 12.1 Å². The maximum atomic E-state index is 10.9. The van der Waals surface area contributed by atoms with Gasteiger partial charge < -0.3 is 20.1 Å². The minimum absolute atomic E-state index is 0.245. The third-order valence-corrected chi connectivity index (χ3v) is 4.12. The number of anilines is 1. The average molecular weight is 296 g/mol. The minimum atomic E-state index is -1.06. The van der Waals surface area contributed by atoms with Gasteiger partial charge in [-0.05, 0) is 30.2 Å². The van der Waals surface area contributed by atoms with Crippen LogP contribution in [0.1, 0.15) is 17.9 Å². The van der Waals surface area contributed by atoms with Crippen molar-refractivity contribution in [3.63, 3.8) is 0 Å². The number of halogens is 1. The molecular weight excluding hydrogens is 284 g/mol. The van der Waals surface area contributed by atoms with Crippen LogP contribution >= 0.6 is 15.9 Å². The molecule has 0 saturated carbocycles. The molecule has 5 heteroatoms. The van der Waals surface area contributed by atoms with Crippen molar-refractivity contribution in [3.05, 3.63) is 28.2 Å². The summed E-state index contributed by atoms with van der Waals surface area (Å²) < 4.78 is 1.03. The molecule has 3 rings (SSSR count). The van der Waals surface area contributed by atoms with E-state index in [9.17, 15) is 9.90 Å². The number of benzene rings is 1. The SMILES string of the molecule is O=C([O-])N1CCC2Nc3ccc(Br)cc3C2C1. The molecule has 0 aromatic heterocycles. The Bertz CT molecular complexity index is 478. The van der Waals surface area contributed by atoms with Gasteiger partial charge in [-0.3, -0.25) is 0 Å². The average Bonchev–Trinajstić information content (AvgIpc) is 2.66. The van der Waals surface area contributed by atoms with E-state index in [4.69, 9.17) is 0 Å². The highest BCUT2D eigenvalue weighted by Crippen LogP contribution is 2.41. The normalized spacial score (nSPS) is 26.1. The zero-order valence-corrected chi connectivity index (χ0v) is 10.7. The lowest BCUT2D eigenvalue weighted by molar-refractivity contribution is -0.266. The summed E-state index contributed by atoms with van der Waals surface area (Å²) in [6, 6.07) is 6.47. The molecule has 0 bridgehead atoms. The maximum absolute atomic E-state index is 10.9. The van der Waals surface area contributed by atoms with Crippen molar-refractivity contribution >= 4 is 27.7 Å². The van der Waals surface area contributed by atoms with Crippen LogP contribution in [-0.2, 0) is 0 Å². The molecule has 2 aliphatic rings. The van der Waals surface area contributed by atoms with Gasteiger partial charge in [-0.1, -0.05) is 15.9 Å². The minimum Gasteiger partial charge on any atom is -0.530 e. The lowest BCUT2D eigenvalue weighted by atomic mass is 9.89. The van der Waals surface area contributed by atoms with Crippen LogP contribution < -0.4 is 10.4 Å². The fourth-order valence-corrected chi connectivity index (χ4v) is 3.16. The first-order valence-electron chi connectivity index (χ1n) is 5.67. The Kier molecular flexibility index (Phi) is 2.50. The van der Waals surface area contributed by atoms with Gasteiger partial charge >= 0.3 is 0 Å². The molecule has 1 aromatic rings. The molecule has 1 N–H and O–H groups in total. The molecule has 2 heterocycles. The Morgan fingerprint density at radius 1 is 1.53 bits per heavy atom. The number of amides is 1. The van der Waals surface area contributed by atoms with Crippen LogP contribution in [0.5, 0.6) is 0 Å². The Morgan fingerprint density at radius 2 is 2.35 bits per heavy atom. The van der Waals surface area contributed by atoms with Crippen molar-refractivity contribution in [2.45, 2.75) is 18.4 Å².